The first-order chi connectivity index (χ1) is 16.7. The van der Waals surface area contributed by atoms with Crippen LogP contribution < -0.4 is 9.81 Å². The summed E-state index contributed by atoms with van der Waals surface area (Å²) in [5.74, 6) is 0. The van der Waals surface area contributed by atoms with Crippen molar-refractivity contribution in [3.63, 3.8) is 0 Å². The summed E-state index contributed by atoms with van der Waals surface area (Å²) in [5, 5.41) is 4.07. The van der Waals surface area contributed by atoms with Gasteiger partial charge in [0.25, 0.3) is 0 Å². The second-order valence-electron chi connectivity index (χ2n) is 8.87. The minimum atomic E-state index is -2.52. The Morgan fingerprint density at radius 1 is 0.471 bits per heavy atom. The number of hydrogen-bond acceptors (Lipinski definition) is 0. The van der Waals surface area contributed by atoms with Crippen LogP contribution in [-0.4, -0.2) is 35.5 Å². The van der Waals surface area contributed by atoms with E-state index in [-0.39, 0.29) is 0 Å². The quantitative estimate of drug-likeness (QED) is 0.224. The van der Waals surface area contributed by atoms with Crippen molar-refractivity contribution in [1.82, 2.24) is 13.7 Å². The van der Waals surface area contributed by atoms with Crippen LogP contribution in [0.25, 0.3) is 32.7 Å². The first kappa shape index (κ1) is 21.7. The van der Waals surface area contributed by atoms with Crippen LogP contribution in [0.4, 0.5) is 0 Å². The molecule has 0 spiro atoms. The van der Waals surface area contributed by atoms with Crippen LogP contribution in [0.1, 0.15) is 20.8 Å². The van der Waals surface area contributed by atoms with E-state index in [9.17, 15) is 0 Å². The zero-order valence-electron chi connectivity index (χ0n) is 20.1. The van der Waals surface area contributed by atoms with Crippen molar-refractivity contribution in [2.45, 2.75) is 40.4 Å². The Balaban J connectivity index is 1.55. The molecule has 0 radical (unpaired) electrons. The predicted molar refractivity (Wildman–Crippen MR) is 147 cm³/mol. The molecule has 0 aliphatic carbocycles. The fraction of sp³-hybridized carbons (Fsp3) is 0.200. The van der Waals surface area contributed by atoms with E-state index in [0.717, 1.165) is 19.6 Å². The average molecular weight is 642 g/mol. The van der Waals surface area contributed by atoms with Crippen molar-refractivity contribution >= 4 is 64.3 Å². The normalized spacial score (nSPS) is 12.0. The Morgan fingerprint density at radius 2 is 0.794 bits per heavy atom. The molecule has 3 aromatic carbocycles. The minimum absolute atomic E-state index is 1.01. The van der Waals surface area contributed by atoms with Crippen molar-refractivity contribution < 1.29 is 0 Å². The Hall–Kier alpha value is -2.84. The summed E-state index contributed by atoms with van der Waals surface area (Å²) in [6.45, 7) is 9.65. The number of aryl methyl sites for hydroxylation is 3. The monoisotopic (exact) mass is 641 g/mol. The molecule has 34 heavy (non-hydrogen) atoms. The van der Waals surface area contributed by atoms with Crippen molar-refractivity contribution in [3.8, 4) is 0 Å². The van der Waals surface area contributed by atoms with Crippen molar-refractivity contribution in [2.75, 3.05) is 0 Å². The van der Waals surface area contributed by atoms with Crippen LogP contribution in [0.3, 0.4) is 0 Å². The van der Waals surface area contributed by atoms with E-state index < -0.39 is 21.8 Å². The molecule has 0 bridgehead atoms. The summed E-state index contributed by atoms with van der Waals surface area (Å²) < 4.78 is 11.6. The summed E-state index contributed by atoms with van der Waals surface area (Å²) in [6, 6.07) is 28.5. The molecule has 170 valence electrons. The molecule has 6 aromatic rings. The maximum absolute atomic E-state index is 2.52. The van der Waals surface area contributed by atoms with Gasteiger partial charge < -0.3 is 0 Å². The van der Waals surface area contributed by atoms with Gasteiger partial charge in [-0.25, -0.2) is 0 Å². The van der Waals surface area contributed by atoms with Gasteiger partial charge in [-0.05, 0) is 0 Å². The molecule has 0 saturated carbocycles. The average Bonchev–Trinajstić information content (AvgIpc) is 3.59. The molecule has 0 fully saturated rings. The summed E-state index contributed by atoms with van der Waals surface area (Å²) in [6.07, 6.45) is 6.66. The Bertz CT molecular complexity index is 1440. The molecule has 0 atom stereocenters. The van der Waals surface area contributed by atoms with E-state index >= 15 is 0 Å². The second kappa shape index (κ2) is 8.74. The summed E-state index contributed by atoms with van der Waals surface area (Å²) in [4.78, 5) is 0. The van der Waals surface area contributed by atoms with E-state index in [0.29, 0.717) is 0 Å². The first-order valence-electron chi connectivity index (χ1n) is 12.3. The molecular formula is C30H30BiN3. The van der Waals surface area contributed by atoms with E-state index in [1.54, 1.807) is 9.81 Å². The third-order valence-electron chi connectivity index (χ3n) is 7.06. The molecular weight excluding hydrogens is 611 g/mol. The molecule has 0 aliphatic rings. The molecule has 0 amide bonds. The third kappa shape index (κ3) is 3.51. The van der Waals surface area contributed by atoms with Gasteiger partial charge in [-0.1, -0.05) is 0 Å². The molecule has 0 aliphatic heterocycles. The number of nitrogens with zero attached hydrogens (tertiary/aromatic N) is 3. The van der Waals surface area contributed by atoms with E-state index in [4.69, 9.17) is 0 Å². The molecule has 3 aromatic heterocycles. The Morgan fingerprint density at radius 3 is 1.09 bits per heavy atom. The zero-order chi connectivity index (χ0) is 23.2. The summed E-state index contributed by atoms with van der Waals surface area (Å²) in [7, 11) is 0. The molecule has 3 heterocycles. The molecule has 6 rings (SSSR count). The fourth-order valence-corrected chi connectivity index (χ4v) is 14.5. The van der Waals surface area contributed by atoms with Gasteiger partial charge in [0.15, 0.2) is 0 Å². The van der Waals surface area contributed by atoms with E-state index in [2.05, 4.69) is 126 Å². The van der Waals surface area contributed by atoms with Gasteiger partial charge in [0, 0.05) is 0 Å². The number of hydrogen-bond donors (Lipinski definition) is 0. The van der Waals surface area contributed by atoms with Crippen molar-refractivity contribution in [1.29, 1.82) is 0 Å². The van der Waals surface area contributed by atoms with Gasteiger partial charge in [-0.3, -0.25) is 0 Å². The predicted octanol–water partition coefficient (Wildman–Crippen LogP) is 5.13. The number of aromatic nitrogens is 3. The van der Waals surface area contributed by atoms with Crippen LogP contribution in [0.2, 0.25) is 0 Å². The number of fused-ring (bicyclic) bond motifs is 3. The Labute approximate surface area is 208 Å². The molecule has 4 heteroatoms. The van der Waals surface area contributed by atoms with E-state index in [1.807, 2.05) is 0 Å². The zero-order valence-corrected chi connectivity index (χ0v) is 23.5. The van der Waals surface area contributed by atoms with Gasteiger partial charge in [0.2, 0.25) is 0 Å². The summed E-state index contributed by atoms with van der Waals surface area (Å²) >= 11 is -2.52. The first-order valence-corrected chi connectivity index (χ1v) is 17.5. The number of benzene rings is 3. The maximum atomic E-state index is 2.47. The third-order valence-corrected chi connectivity index (χ3v) is 16.3. The van der Waals surface area contributed by atoms with Gasteiger partial charge in [-0.15, -0.1) is 0 Å². The van der Waals surface area contributed by atoms with Crippen LogP contribution in [-0.2, 0) is 19.6 Å². The van der Waals surface area contributed by atoms with Crippen LogP contribution in [0.5, 0.6) is 0 Å². The van der Waals surface area contributed by atoms with Gasteiger partial charge in [0.1, 0.15) is 0 Å². The van der Waals surface area contributed by atoms with Crippen LogP contribution in [0.15, 0.2) is 91.4 Å². The number of rotatable bonds is 6. The topological polar surface area (TPSA) is 14.8 Å². The van der Waals surface area contributed by atoms with Crippen molar-refractivity contribution in [3.05, 3.63) is 91.4 Å². The second-order valence-corrected chi connectivity index (χ2v) is 17.5. The molecule has 0 N–H and O–H groups in total. The SMILES string of the molecule is CCn1ccc2c[c]([Bi]([c]3ccc4c(ccn4CC)c3)[c]3ccc4c(ccn4CC)c3)ccc21. The Kier molecular flexibility index (Phi) is 5.58. The van der Waals surface area contributed by atoms with E-state index in [1.165, 1.54) is 32.7 Å². The van der Waals surface area contributed by atoms with Gasteiger partial charge >= 0.3 is 210 Å². The van der Waals surface area contributed by atoms with Crippen molar-refractivity contribution in [2.24, 2.45) is 0 Å². The van der Waals surface area contributed by atoms with Crippen LogP contribution in [0, 0.1) is 0 Å². The standard InChI is InChI=1S/3C10H10N.Bi/c3*1-2-11-8-7-9-5-3-4-6-10(9)11;/h3*4-8H,2H2,1H3;. The molecule has 0 saturated heterocycles. The van der Waals surface area contributed by atoms with Crippen LogP contribution >= 0.6 is 0 Å². The summed E-state index contributed by atoms with van der Waals surface area (Å²) in [5.41, 5.74) is 4.00. The van der Waals surface area contributed by atoms with Gasteiger partial charge in [0.05, 0.1) is 0 Å². The van der Waals surface area contributed by atoms with Gasteiger partial charge in [-0.2, -0.15) is 0 Å². The fourth-order valence-electron chi connectivity index (χ4n) is 5.25. The molecule has 0 unspecified atom stereocenters. The molecule has 3 nitrogen and oxygen atoms in total.